The van der Waals surface area contributed by atoms with Crippen molar-refractivity contribution in [1.29, 1.82) is 0 Å². The molecule has 6 aromatic rings. The predicted molar refractivity (Wildman–Crippen MR) is 334 cm³/mol. The van der Waals surface area contributed by atoms with Crippen LogP contribution in [0.5, 0.6) is 0 Å². The zero-order chi connectivity index (χ0) is 63.2. The van der Waals surface area contributed by atoms with E-state index >= 15 is 0 Å². The number of imide groups is 2. The van der Waals surface area contributed by atoms with Gasteiger partial charge in [0.1, 0.15) is 23.3 Å². The molecule has 0 radical (unpaired) electrons. The van der Waals surface area contributed by atoms with Crippen molar-refractivity contribution in [3.63, 3.8) is 0 Å². The second-order valence-corrected chi connectivity index (χ2v) is 27.8. The van der Waals surface area contributed by atoms with Gasteiger partial charge < -0.3 is 15.0 Å². The Balaban J connectivity index is 0.000000202. The zero-order valence-corrected chi connectivity index (χ0v) is 52.8. The third kappa shape index (κ3) is 13.1. The van der Waals surface area contributed by atoms with Gasteiger partial charge in [0.25, 0.3) is 15.8 Å². The standard InChI is InChI=1S/C37H48N10O6S.C25H35N5O5/c1-42-33-25(6-5-9-29(33)47(37(42)51)30-11-12-31(48)40-35(30)50)23-44-18-16-27(17-19-44)43(2)54(52,53)45-20-14-26(15-21-45)39-36-38-22-24-10-13-32(49)46(34(24)41-36)28-7-3-4-8-28;1-25(2,3)35-24(34)27(4)17-11-13-29(14-12-17)15-16-7-6-8-18-21(16)28(5)23(33)30(18)19-9-10-20(31)26-22(19)32/h5-6,9-10,13,22,26-28,30H,3-4,7-8,11-12,14-21,23H2,1-2H3,(H,38,39,41)(H,40,48,50);6-8,17,19H,9-15H2,1-5H3,(H,26,31,32). The van der Waals surface area contributed by atoms with Crippen molar-refractivity contribution in [3.8, 4) is 0 Å². The number of nitrogens with zero attached hydrogens (tertiary/aromatic N) is 12. The van der Waals surface area contributed by atoms with Crippen LogP contribution in [0, 0.1) is 0 Å². The smallest absolute Gasteiger partial charge is 0.410 e. The number of nitrogens with one attached hydrogen (secondary N) is 3. The maximum Gasteiger partial charge on any atom is 0.410 e. The molecular weight excluding hydrogens is 1160 g/mol. The summed E-state index contributed by atoms with van der Waals surface area (Å²) in [6, 6.07) is 13.5. The Labute approximate surface area is 516 Å². The van der Waals surface area contributed by atoms with E-state index in [4.69, 9.17) is 9.72 Å². The minimum atomic E-state index is -3.68. The molecule has 5 saturated heterocycles. The van der Waals surface area contributed by atoms with Gasteiger partial charge in [0.05, 0.1) is 22.1 Å². The highest BCUT2D eigenvalue weighted by Crippen LogP contribution is 2.33. The highest BCUT2D eigenvalue weighted by Gasteiger charge is 2.38. The molecule has 9 heterocycles. The van der Waals surface area contributed by atoms with Crippen LogP contribution in [0.2, 0.25) is 0 Å². The number of ether oxygens (including phenoxy) is 1. The molecule has 12 rings (SSSR count). The largest absolute Gasteiger partial charge is 0.444 e. The molecule has 0 spiro atoms. The lowest BCUT2D eigenvalue weighted by atomic mass is 10.0. The van der Waals surface area contributed by atoms with Crippen LogP contribution >= 0.6 is 0 Å². The second kappa shape index (κ2) is 25.7. The highest BCUT2D eigenvalue weighted by atomic mass is 32.2. The molecule has 2 aromatic carbocycles. The number of aromatic nitrogens is 7. The van der Waals surface area contributed by atoms with Gasteiger partial charge in [-0.25, -0.2) is 19.4 Å². The van der Waals surface area contributed by atoms with E-state index in [2.05, 4.69) is 30.7 Å². The van der Waals surface area contributed by atoms with E-state index in [0.29, 0.717) is 94.0 Å². The van der Waals surface area contributed by atoms with Gasteiger partial charge >= 0.3 is 17.5 Å². The zero-order valence-electron chi connectivity index (χ0n) is 52.0. The van der Waals surface area contributed by atoms with Crippen molar-refractivity contribution in [1.82, 2.24) is 66.7 Å². The number of hydrogen-bond acceptors (Lipinski definition) is 16. The first kappa shape index (κ1) is 63.0. The summed E-state index contributed by atoms with van der Waals surface area (Å²) in [4.78, 5) is 116. The van der Waals surface area contributed by atoms with Crippen LogP contribution in [-0.4, -0.2) is 171 Å². The topological polar surface area (TPSA) is 283 Å². The summed E-state index contributed by atoms with van der Waals surface area (Å²) in [5.41, 5.74) is 4.38. The maximum absolute atomic E-state index is 13.8. The number of aryl methyl sites for hydroxylation is 2. The van der Waals surface area contributed by atoms with Gasteiger partial charge in [-0.1, -0.05) is 37.1 Å². The Morgan fingerprint density at radius 1 is 0.652 bits per heavy atom. The molecular formula is C62H83N15O11S. The SMILES string of the molecule is CN(C(=O)OC(C)(C)C)C1CCN(Cc2cccc3c2n(C)c(=O)n3C2CCC(=O)NC2=O)CC1.CN(C1CCN(Cc2cccc3c2n(C)c(=O)n3C2CCC(=O)NC2=O)CC1)S(=O)(=O)N1CCC(Nc2ncc3ccc(=O)n(C4CCCC4)c3n2)CC1. The fraction of sp³-hybridized carbons (Fsp3) is 0.581. The van der Waals surface area contributed by atoms with Gasteiger partial charge in [-0.3, -0.25) is 67.2 Å². The number of carbonyl (C=O) groups excluding carboxylic acids is 5. The third-order valence-electron chi connectivity index (χ3n) is 18.9. The fourth-order valence-electron chi connectivity index (χ4n) is 14.0. The van der Waals surface area contributed by atoms with Crippen LogP contribution in [-0.2, 0) is 61.3 Å². The average molecular weight is 1250 g/mol. The Hall–Kier alpha value is -7.59. The highest BCUT2D eigenvalue weighted by molar-refractivity contribution is 7.86. The quantitative estimate of drug-likeness (QED) is 0.135. The molecule has 6 aliphatic rings. The minimum absolute atomic E-state index is 0.00249. The van der Waals surface area contributed by atoms with Crippen molar-refractivity contribution in [2.45, 2.75) is 166 Å². The van der Waals surface area contributed by atoms with Crippen molar-refractivity contribution in [2.75, 3.05) is 58.7 Å². The number of piperidine rings is 5. The van der Waals surface area contributed by atoms with E-state index in [-0.39, 0.29) is 78.3 Å². The lowest BCUT2D eigenvalue weighted by molar-refractivity contribution is -0.137. The fourth-order valence-corrected chi connectivity index (χ4v) is 15.7. The van der Waals surface area contributed by atoms with Gasteiger partial charge in [-0.15, -0.1) is 0 Å². The molecule has 5 aliphatic heterocycles. The molecule has 89 heavy (non-hydrogen) atoms. The van der Waals surface area contributed by atoms with Crippen LogP contribution in [0.4, 0.5) is 10.7 Å². The summed E-state index contributed by atoms with van der Waals surface area (Å²) >= 11 is 0. The number of benzene rings is 2. The lowest BCUT2D eigenvalue weighted by Crippen LogP contribution is -2.52. The van der Waals surface area contributed by atoms with Crippen LogP contribution in [0.15, 0.2) is 69.1 Å². The van der Waals surface area contributed by atoms with Gasteiger partial charge in [0.15, 0.2) is 0 Å². The van der Waals surface area contributed by atoms with Gasteiger partial charge in [-0.05, 0) is 114 Å². The van der Waals surface area contributed by atoms with E-state index in [1.165, 1.54) is 13.4 Å². The number of anilines is 1. The first-order valence-corrected chi connectivity index (χ1v) is 32.7. The molecule has 27 heteroatoms. The van der Waals surface area contributed by atoms with E-state index in [9.17, 15) is 46.8 Å². The number of carbonyl (C=O) groups is 5. The van der Waals surface area contributed by atoms with E-state index in [1.807, 2.05) is 61.7 Å². The summed E-state index contributed by atoms with van der Waals surface area (Å²) < 4.78 is 44.3. The van der Waals surface area contributed by atoms with Crippen LogP contribution in [0.1, 0.15) is 140 Å². The predicted octanol–water partition coefficient (Wildman–Crippen LogP) is 4.40. The van der Waals surface area contributed by atoms with E-state index < -0.39 is 39.7 Å². The number of amides is 5. The second-order valence-electron chi connectivity index (χ2n) is 25.8. The first-order valence-electron chi connectivity index (χ1n) is 31.3. The Morgan fingerprint density at radius 2 is 1.16 bits per heavy atom. The van der Waals surface area contributed by atoms with Crippen LogP contribution in [0.25, 0.3) is 33.1 Å². The molecule has 2 unspecified atom stereocenters. The Kier molecular flexibility index (Phi) is 18.2. The third-order valence-corrected chi connectivity index (χ3v) is 20.9. The summed E-state index contributed by atoms with van der Waals surface area (Å²) in [5, 5.41) is 8.95. The number of rotatable bonds is 13. The van der Waals surface area contributed by atoms with E-state index in [1.54, 1.807) is 64.9 Å². The van der Waals surface area contributed by atoms with Gasteiger partial charge in [-0.2, -0.15) is 22.0 Å². The molecule has 26 nitrogen and oxygen atoms in total. The Bertz CT molecular complexity index is 4000. The number of fused-ring (bicyclic) bond motifs is 3. The number of likely N-dealkylation sites (tertiary alicyclic amines) is 2. The van der Waals surface area contributed by atoms with Gasteiger partial charge in [0, 0.05) is 135 Å². The van der Waals surface area contributed by atoms with Gasteiger partial charge in [0.2, 0.25) is 29.6 Å². The van der Waals surface area contributed by atoms with Crippen LogP contribution in [0.3, 0.4) is 0 Å². The molecule has 2 atom stereocenters. The van der Waals surface area contributed by atoms with Crippen LogP contribution < -0.4 is 32.9 Å². The summed E-state index contributed by atoms with van der Waals surface area (Å²) in [6.07, 6.45) is 10.8. The molecule has 4 aromatic heterocycles. The number of hydrogen-bond donors (Lipinski definition) is 3. The molecule has 478 valence electrons. The summed E-state index contributed by atoms with van der Waals surface area (Å²) in [5.74, 6) is -1.07. The first-order chi connectivity index (χ1) is 42.4. The number of pyridine rings is 1. The van der Waals surface area contributed by atoms with Crippen molar-refractivity contribution >= 4 is 79.0 Å². The number of para-hydroxylation sites is 2. The monoisotopic (exact) mass is 1250 g/mol. The molecule has 6 fully saturated rings. The van der Waals surface area contributed by atoms with Crippen molar-refractivity contribution < 1.29 is 37.1 Å². The summed E-state index contributed by atoms with van der Waals surface area (Å²) in [6.45, 7) is 10.6. The van der Waals surface area contributed by atoms with E-state index in [0.717, 1.165) is 79.2 Å². The minimum Gasteiger partial charge on any atom is -0.444 e. The number of imidazole rings is 2. The normalized spacial score (nSPS) is 21.2. The lowest BCUT2D eigenvalue weighted by Gasteiger charge is -2.39. The molecule has 3 N–H and O–H groups in total. The molecule has 1 saturated carbocycles. The maximum atomic E-state index is 13.8. The molecule has 5 amide bonds. The molecule has 0 bridgehead atoms. The summed E-state index contributed by atoms with van der Waals surface area (Å²) in [7, 11) is 3.22. The average Bonchev–Trinajstić information content (AvgIpc) is 2.14. The van der Waals surface area contributed by atoms with Crippen molar-refractivity contribution in [3.05, 3.63) is 97.2 Å². The van der Waals surface area contributed by atoms with Crippen molar-refractivity contribution in [2.24, 2.45) is 14.1 Å². The Morgan fingerprint density at radius 3 is 1.65 bits per heavy atom. The molecule has 1 aliphatic carbocycles.